The van der Waals surface area contributed by atoms with E-state index in [1.807, 2.05) is 99.6 Å². The van der Waals surface area contributed by atoms with Gasteiger partial charge in [0.1, 0.15) is 24.1 Å². The predicted octanol–water partition coefficient (Wildman–Crippen LogP) is 5.34. The molecule has 0 radical (unpaired) electrons. The first-order valence-corrected chi connectivity index (χ1v) is 15.0. The highest BCUT2D eigenvalue weighted by molar-refractivity contribution is 7.07. The fourth-order valence-electron chi connectivity index (χ4n) is 5.08. The number of thiazole rings is 1. The van der Waals surface area contributed by atoms with Crippen molar-refractivity contribution in [1.82, 2.24) is 9.47 Å². The number of ether oxygens (including phenoxy) is 2. The molecule has 5 rings (SSSR count). The smallest absolute Gasteiger partial charge is 0.271 e. The maximum atomic E-state index is 14.1. The van der Waals surface area contributed by atoms with Crippen LogP contribution in [-0.2, 0) is 11.4 Å². The van der Waals surface area contributed by atoms with Crippen LogP contribution in [0.5, 0.6) is 11.5 Å². The zero-order valence-corrected chi connectivity index (χ0v) is 25.5. The lowest BCUT2D eigenvalue weighted by molar-refractivity contribution is -0.127. The largest absolute Gasteiger partial charge is 0.496 e. The van der Waals surface area contributed by atoms with Crippen molar-refractivity contribution in [1.29, 1.82) is 0 Å². The van der Waals surface area contributed by atoms with Gasteiger partial charge < -0.3 is 14.4 Å². The zero-order chi connectivity index (χ0) is 29.8. The van der Waals surface area contributed by atoms with Gasteiger partial charge in [0.15, 0.2) is 4.80 Å². The second-order valence-corrected chi connectivity index (χ2v) is 11.2. The Labute approximate surface area is 253 Å². The van der Waals surface area contributed by atoms with Crippen molar-refractivity contribution >= 4 is 34.9 Å². The van der Waals surface area contributed by atoms with E-state index in [0.29, 0.717) is 56.8 Å². The molecule has 2 heterocycles. The number of para-hydroxylation sites is 1. The minimum absolute atomic E-state index is 0.144. The number of amides is 1. The summed E-state index contributed by atoms with van der Waals surface area (Å²) in [6, 6.07) is 21.9. The van der Waals surface area contributed by atoms with Gasteiger partial charge in [0.05, 0.1) is 22.9 Å². The lowest BCUT2D eigenvalue weighted by Crippen LogP contribution is -2.43. The molecule has 0 N–H and O–H groups in total. The Kier molecular flexibility index (Phi) is 8.94. The van der Waals surface area contributed by atoms with Crippen LogP contribution in [0.4, 0.5) is 0 Å². The summed E-state index contributed by atoms with van der Waals surface area (Å²) in [6.45, 7) is 7.13. The number of likely N-dealkylation sites (N-methyl/N-ethyl adjacent to an activating group) is 1. The van der Waals surface area contributed by atoms with E-state index in [9.17, 15) is 9.59 Å². The molecule has 0 unspecified atom stereocenters. The molecule has 42 heavy (non-hydrogen) atoms. The molecule has 7 nitrogen and oxygen atoms in total. The average molecular weight is 602 g/mol. The van der Waals surface area contributed by atoms with Crippen LogP contribution in [0.25, 0.3) is 6.08 Å². The number of nitrogens with zero attached hydrogens (tertiary/aromatic N) is 3. The predicted molar refractivity (Wildman–Crippen MR) is 167 cm³/mol. The first-order chi connectivity index (χ1) is 20.4. The van der Waals surface area contributed by atoms with Crippen molar-refractivity contribution in [3.63, 3.8) is 0 Å². The fourth-order valence-corrected chi connectivity index (χ4v) is 6.32. The van der Waals surface area contributed by atoms with Crippen LogP contribution in [0.2, 0.25) is 5.02 Å². The van der Waals surface area contributed by atoms with E-state index in [2.05, 4.69) is 0 Å². The number of halogens is 1. The standard InChI is InChI=1S/C33H32ClN3O4S/c1-5-36(6-2)32(39)29-21(3)35-33-37(30(29)25-15-8-10-17-27(25)40-4)31(38)28(42-33)19-22-12-11-14-24(18-22)41-20-23-13-7-9-16-26(23)34/h7-19,30H,5-6,20H2,1-4H3/b28-19+/t30-/m0/s1. The van der Waals surface area contributed by atoms with Gasteiger partial charge in [-0.1, -0.05) is 71.5 Å². The topological polar surface area (TPSA) is 73.1 Å². The SMILES string of the molecule is CCN(CC)C(=O)C1=C(C)N=c2s/c(=C/c3cccc(OCc4ccccc4Cl)c3)c(=O)n2[C@H]1c1ccccc1OC. The summed E-state index contributed by atoms with van der Waals surface area (Å²) < 4.78 is 13.8. The van der Waals surface area contributed by atoms with Gasteiger partial charge in [-0.2, -0.15) is 0 Å². The summed E-state index contributed by atoms with van der Waals surface area (Å²) in [5.41, 5.74) is 3.25. The Bertz CT molecular complexity index is 1840. The van der Waals surface area contributed by atoms with Crippen molar-refractivity contribution < 1.29 is 14.3 Å². The molecule has 1 aliphatic heterocycles. The molecule has 3 aromatic carbocycles. The summed E-state index contributed by atoms with van der Waals surface area (Å²) in [5, 5.41) is 0.647. The molecule has 1 atom stereocenters. The monoisotopic (exact) mass is 601 g/mol. The van der Waals surface area contributed by atoms with Gasteiger partial charge in [0, 0.05) is 29.2 Å². The average Bonchev–Trinajstić information content (AvgIpc) is 3.30. The molecule has 0 saturated carbocycles. The number of fused-ring (bicyclic) bond motifs is 1. The molecule has 4 aromatic rings. The molecule has 9 heteroatoms. The van der Waals surface area contributed by atoms with Crippen LogP contribution in [0.15, 0.2) is 93.9 Å². The van der Waals surface area contributed by atoms with Gasteiger partial charge in [-0.25, -0.2) is 4.99 Å². The van der Waals surface area contributed by atoms with E-state index in [0.717, 1.165) is 16.7 Å². The molecule has 0 saturated heterocycles. The molecule has 0 fully saturated rings. The van der Waals surface area contributed by atoms with Crippen LogP contribution < -0.4 is 24.4 Å². The van der Waals surface area contributed by atoms with Crippen LogP contribution >= 0.6 is 22.9 Å². The molecule has 0 spiro atoms. The third-order valence-electron chi connectivity index (χ3n) is 7.24. The molecule has 1 aromatic heterocycles. The number of carbonyl (C=O) groups is 1. The molecular weight excluding hydrogens is 570 g/mol. The number of rotatable bonds is 9. The summed E-state index contributed by atoms with van der Waals surface area (Å²) in [6.07, 6.45) is 1.83. The minimum atomic E-state index is -0.682. The van der Waals surface area contributed by atoms with Gasteiger partial charge >= 0.3 is 0 Å². The molecular formula is C33H32ClN3O4S. The number of hydrogen-bond acceptors (Lipinski definition) is 6. The van der Waals surface area contributed by atoms with Crippen LogP contribution in [0.1, 0.15) is 43.5 Å². The number of methoxy groups -OCH3 is 1. The van der Waals surface area contributed by atoms with E-state index < -0.39 is 6.04 Å². The highest BCUT2D eigenvalue weighted by Gasteiger charge is 2.35. The van der Waals surface area contributed by atoms with Crippen molar-refractivity contribution in [2.24, 2.45) is 4.99 Å². The lowest BCUT2D eigenvalue weighted by Gasteiger charge is -2.29. The Hall–Kier alpha value is -4.14. The lowest BCUT2D eigenvalue weighted by atomic mass is 9.94. The highest BCUT2D eigenvalue weighted by atomic mass is 35.5. The van der Waals surface area contributed by atoms with Gasteiger partial charge in [-0.15, -0.1) is 0 Å². The molecule has 0 bridgehead atoms. The maximum Gasteiger partial charge on any atom is 0.271 e. The first-order valence-electron chi connectivity index (χ1n) is 13.8. The fraction of sp³-hybridized carbons (Fsp3) is 0.242. The van der Waals surface area contributed by atoms with E-state index in [1.165, 1.54) is 11.3 Å². The number of carbonyl (C=O) groups excluding carboxylic acids is 1. The number of allylic oxidation sites excluding steroid dienone is 1. The van der Waals surface area contributed by atoms with Gasteiger partial charge in [-0.3, -0.25) is 14.2 Å². The van der Waals surface area contributed by atoms with E-state index in [4.69, 9.17) is 26.1 Å². The molecule has 216 valence electrons. The number of aromatic nitrogens is 1. The van der Waals surface area contributed by atoms with E-state index >= 15 is 0 Å². The Balaban J connectivity index is 1.59. The normalized spacial score (nSPS) is 14.8. The van der Waals surface area contributed by atoms with Crippen molar-refractivity contribution in [2.45, 2.75) is 33.4 Å². The number of hydrogen-bond donors (Lipinski definition) is 0. The number of benzene rings is 3. The van der Waals surface area contributed by atoms with Crippen molar-refractivity contribution in [2.75, 3.05) is 20.2 Å². The van der Waals surface area contributed by atoms with Crippen LogP contribution in [0.3, 0.4) is 0 Å². The van der Waals surface area contributed by atoms with Gasteiger partial charge in [0.2, 0.25) is 0 Å². The summed E-state index contributed by atoms with van der Waals surface area (Å²) in [7, 11) is 1.59. The summed E-state index contributed by atoms with van der Waals surface area (Å²) in [4.78, 5) is 34.9. The molecule has 0 aliphatic carbocycles. The summed E-state index contributed by atoms with van der Waals surface area (Å²) in [5.74, 6) is 1.11. The quantitative estimate of drug-likeness (QED) is 0.259. The minimum Gasteiger partial charge on any atom is -0.496 e. The highest BCUT2D eigenvalue weighted by Crippen LogP contribution is 2.36. The van der Waals surface area contributed by atoms with Gasteiger partial charge in [0.25, 0.3) is 11.5 Å². The van der Waals surface area contributed by atoms with Gasteiger partial charge in [-0.05, 0) is 56.7 Å². The zero-order valence-electron chi connectivity index (χ0n) is 24.0. The second kappa shape index (κ2) is 12.8. The first kappa shape index (κ1) is 29.4. The Morgan fingerprint density at radius 2 is 1.81 bits per heavy atom. The Morgan fingerprint density at radius 3 is 2.55 bits per heavy atom. The van der Waals surface area contributed by atoms with Crippen LogP contribution in [-0.4, -0.2) is 35.6 Å². The summed E-state index contributed by atoms with van der Waals surface area (Å²) >= 11 is 7.57. The van der Waals surface area contributed by atoms with Crippen LogP contribution in [0, 0.1) is 0 Å². The van der Waals surface area contributed by atoms with E-state index in [-0.39, 0.29) is 11.5 Å². The van der Waals surface area contributed by atoms with Crippen molar-refractivity contribution in [3.05, 3.63) is 125 Å². The third-order valence-corrected chi connectivity index (χ3v) is 8.60. The molecule has 1 aliphatic rings. The Morgan fingerprint density at radius 1 is 1.07 bits per heavy atom. The third kappa shape index (κ3) is 5.78. The molecule has 1 amide bonds. The van der Waals surface area contributed by atoms with E-state index in [1.54, 1.807) is 16.6 Å². The van der Waals surface area contributed by atoms with Crippen molar-refractivity contribution in [3.8, 4) is 11.5 Å². The maximum absolute atomic E-state index is 14.1. The second-order valence-electron chi connectivity index (χ2n) is 9.75.